The molecule has 0 amide bonds. The van der Waals surface area contributed by atoms with Gasteiger partial charge in [-0.3, -0.25) is 4.90 Å². The molecular weight excluding hydrogens is 286 g/mol. The van der Waals surface area contributed by atoms with E-state index in [2.05, 4.69) is 21.2 Å². The van der Waals surface area contributed by atoms with Gasteiger partial charge in [0.05, 0.1) is 6.61 Å². The number of benzene rings is 1. The Bertz CT molecular complexity index is 471. The normalized spacial score (nSPS) is 20.0. The third-order valence-corrected chi connectivity index (χ3v) is 4.72. The highest BCUT2D eigenvalue weighted by molar-refractivity contribution is 6.31. The second kappa shape index (κ2) is 6.97. The molecule has 2 fully saturated rings. The van der Waals surface area contributed by atoms with E-state index in [9.17, 15) is 0 Å². The standard InChI is InChI=1S/C16H24ClN3O/c17-15-2-1-3-16(14(15)12-18-13-4-5-13)20-8-6-19(7-9-20)10-11-21/h1-3,13,18,21H,4-12H2. The molecule has 0 bridgehead atoms. The maximum absolute atomic E-state index is 9.03. The lowest BCUT2D eigenvalue weighted by molar-refractivity contribution is 0.188. The van der Waals surface area contributed by atoms with Gasteiger partial charge in [-0.05, 0) is 25.0 Å². The van der Waals surface area contributed by atoms with Gasteiger partial charge in [-0.2, -0.15) is 0 Å². The molecule has 21 heavy (non-hydrogen) atoms. The van der Waals surface area contributed by atoms with Crippen LogP contribution in [0.3, 0.4) is 0 Å². The van der Waals surface area contributed by atoms with E-state index in [0.717, 1.165) is 44.3 Å². The van der Waals surface area contributed by atoms with Gasteiger partial charge in [0.1, 0.15) is 0 Å². The highest BCUT2D eigenvalue weighted by atomic mass is 35.5. The smallest absolute Gasteiger partial charge is 0.0558 e. The first-order valence-electron chi connectivity index (χ1n) is 7.87. The fourth-order valence-corrected chi connectivity index (χ4v) is 3.14. The lowest BCUT2D eigenvalue weighted by atomic mass is 10.1. The second-order valence-electron chi connectivity index (χ2n) is 5.94. The third kappa shape index (κ3) is 3.89. The molecule has 3 rings (SSSR count). The summed E-state index contributed by atoms with van der Waals surface area (Å²) in [6, 6.07) is 6.89. The lowest BCUT2D eigenvalue weighted by Gasteiger charge is -2.37. The predicted molar refractivity (Wildman–Crippen MR) is 87.1 cm³/mol. The zero-order valence-electron chi connectivity index (χ0n) is 12.4. The quantitative estimate of drug-likeness (QED) is 0.839. The number of nitrogens with zero attached hydrogens (tertiary/aromatic N) is 2. The number of aliphatic hydroxyl groups excluding tert-OH is 1. The van der Waals surface area contributed by atoms with Gasteiger partial charge in [-0.25, -0.2) is 0 Å². The molecule has 2 aliphatic rings. The first kappa shape index (κ1) is 15.1. The summed E-state index contributed by atoms with van der Waals surface area (Å²) in [5.41, 5.74) is 2.49. The highest BCUT2D eigenvalue weighted by Crippen LogP contribution is 2.29. The van der Waals surface area contributed by atoms with Gasteiger partial charge in [0.2, 0.25) is 0 Å². The molecule has 1 heterocycles. The molecule has 0 unspecified atom stereocenters. The summed E-state index contributed by atoms with van der Waals surface area (Å²) < 4.78 is 0. The minimum Gasteiger partial charge on any atom is -0.395 e. The second-order valence-corrected chi connectivity index (χ2v) is 6.35. The number of piperazine rings is 1. The number of hydrogen-bond acceptors (Lipinski definition) is 4. The Labute approximate surface area is 131 Å². The van der Waals surface area contributed by atoms with Crippen molar-refractivity contribution in [3.8, 4) is 0 Å². The average molecular weight is 310 g/mol. The van der Waals surface area contributed by atoms with Crippen LogP contribution in [0.5, 0.6) is 0 Å². The molecule has 0 spiro atoms. The van der Waals surface area contributed by atoms with Crippen LogP contribution in [0.25, 0.3) is 0 Å². The minimum atomic E-state index is 0.244. The van der Waals surface area contributed by atoms with Gasteiger partial charge >= 0.3 is 0 Å². The molecule has 1 aliphatic carbocycles. The van der Waals surface area contributed by atoms with Gasteiger partial charge in [0.25, 0.3) is 0 Å². The zero-order chi connectivity index (χ0) is 14.7. The largest absolute Gasteiger partial charge is 0.395 e. The van der Waals surface area contributed by atoms with E-state index < -0.39 is 0 Å². The van der Waals surface area contributed by atoms with Gasteiger partial charge < -0.3 is 15.3 Å². The maximum atomic E-state index is 9.03. The monoisotopic (exact) mass is 309 g/mol. The molecule has 116 valence electrons. The molecular formula is C16H24ClN3O. The van der Waals surface area contributed by atoms with E-state index >= 15 is 0 Å². The van der Waals surface area contributed by atoms with Crippen molar-refractivity contribution in [2.75, 3.05) is 44.2 Å². The Morgan fingerprint density at radius 1 is 1.19 bits per heavy atom. The van der Waals surface area contributed by atoms with Crippen molar-refractivity contribution in [1.29, 1.82) is 0 Å². The van der Waals surface area contributed by atoms with Crippen molar-refractivity contribution < 1.29 is 5.11 Å². The molecule has 2 N–H and O–H groups in total. The van der Waals surface area contributed by atoms with Crippen LogP contribution in [0.4, 0.5) is 5.69 Å². The fraction of sp³-hybridized carbons (Fsp3) is 0.625. The van der Waals surface area contributed by atoms with Crippen molar-refractivity contribution in [3.05, 3.63) is 28.8 Å². The molecule has 1 aromatic rings. The molecule has 0 aromatic heterocycles. The SMILES string of the molecule is OCCN1CCN(c2cccc(Cl)c2CNC2CC2)CC1. The summed E-state index contributed by atoms with van der Waals surface area (Å²) in [6.07, 6.45) is 2.58. The predicted octanol–water partition coefficient (Wildman–Crippen LogP) is 1.71. The van der Waals surface area contributed by atoms with Crippen LogP contribution in [0, 0.1) is 0 Å². The Balaban J connectivity index is 1.67. The summed E-state index contributed by atoms with van der Waals surface area (Å²) in [6.45, 7) is 5.88. The number of anilines is 1. The van der Waals surface area contributed by atoms with Crippen molar-refractivity contribution in [2.45, 2.75) is 25.4 Å². The molecule has 5 heteroatoms. The molecule has 1 saturated heterocycles. The highest BCUT2D eigenvalue weighted by Gasteiger charge is 2.23. The van der Waals surface area contributed by atoms with Crippen LogP contribution in [-0.2, 0) is 6.54 Å². The fourth-order valence-electron chi connectivity index (χ4n) is 2.91. The van der Waals surface area contributed by atoms with E-state index in [4.69, 9.17) is 16.7 Å². The Morgan fingerprint density at radius 3 is 2.62 bits per heavy atom. The van der Waals surface area contributed by atoms with Crippen LogP contribution in [0.15, 0.2) is 18.2 Å². The molecule has 1 aliphatic heterocycles. The summed E-state index contributed by atoms with van der Waals surface area (Å²) in [5.74, 6) is 0. The van der Waals surface area contributed by atoms with Crippen molar-refractivity contribution in [2.24, 2.45) is 0 Å². The first-order valence-corrected chi connectivity index (χ1v) is 8.24. The van der Waals surface area contributed by atoms with Gasteiger partial charge in [-0.15, -0.1) is 0 Å². The number of hydrogen-bond donors (Lipinski definition) is 2. The number of halogens is 1. The molecule has 1 saturated carbocycles. The van der Waals surface area contributed by atoms with Crippen molar-refractivity contribution >= 4 is 17.3 Å². The average Bonchev–Trinajstić information content (AvgIpc) is 3.31. The van der Waals surface area contributed by atoms with E-state index in [1.165, 1.54) is 24.1 Å². The van der Waals surface area contributed by atoms with E-state index in [1.807, 2.05) is 12.1 Å². The summed E-state index contributed by atoms with van der Waals surface area (Å²) in [7, 11) is 0. The first-order chi connectivity index (χ1) is 10.3. The number of β-amino-alcohol motifs (C(OH)–C–C–N with tert-alkyl or cyclic N) is 1. The Morgan fingerprint density at radius 2 is 1.95 bits per heavy atom. The van der Waals surface area contributed by atoms with Crippen molar-refractivity contribution in [3.63, 3.8) is 0 Å². The molecule has 0 atom stereocenters. The van der Waals surface area contributed by atoms with E-state index in [0.29, 0.717) is 6.04 Å². The van der Waals surface area contributed by atoms with Crippen LogP contribution < -0.4 is 10.2 Å². The third-order valence-electron chi connectivity index (χ3n) is 4.37. The van der Waals surface area contributed by atoms with Crippen LogP contribution in [-0.4, -0.2) is 55.4 Å². The van der Waals surface area contributed by atoms with Gasteiger partial charge in [0, 0.05) is 61.6 Å². The minimum absolute atomic E-state index is 0.244. The van der Waals surface area contributed by atoms with Crippen molar-refractivity contribution in [1.82, 2.24) is 10.2 Å². The summed E-state index contributed by atoms with van der Waals surface area (Å²) in [4.78, 5) is 4.73. The number of rotatable bonds is 6. The lowest BCUT2D eigenvalue weighted by Crippen LogP contribution is -2.47. The molecule has 4 nitrogen and oxygen atoms in total. The Hall–Kier alpha value is -0.810. The van der Waals surface area contributed by atoms with Crippen LogP contribution >= 0.6 is 11.6 Å². The Kier molecular flexibility index (Phi) is 5.01. The summed E-state index contributed by atoms with van der Waals surface area (Å²) >= 11 is 6.42. The molecule has 0 radical (unpaired) electrons. The number of aliphatic hydroxyl groups is 1. The summed E-state index contributed by atoms with van der Waals surface area (Å²) in [5, 5.41) is 13.5. The van der Waals surface area contributed by atoms with Crippen LogP contribution in [0.2, 0.25) is 5.02 Å². The molecule has 1 aromatic carbocycles. The topological polar surface area (TPSA) is 38.7 Å². The van der Waals surface area contributed by atoms with Crippen LogP contribution in [0.1, 0.15) is 18.4 Å². The maximum Gasteiger partial charge on any atom is 0.0558 e. The van der Waals surface area contributed by atoms with E-state index in [-0.39, 0.29) is 6.61 Å². The van der Waals surface area contributed by atoms with E-state index in [1.54, 1.807) is 0 Å². The van der Waals surface area contributed by atoms with Gasteiger partial charge in [0.15, 0.2) is 0 Å². The zero-order valence-corrected chi connectivity index (χ0v) is 13.1. The number of nitrogens with one attached hydrogen (secondary N) is 1. The van der Waals surface area contributed by atoms with Gasteiger partial charge in [-0.1, -0.05) is 17.7 Å².